The number of aryl methyl sites for hydroxylation is 1. The Morgan fingerprint density at radius 3 is 2.73 bits per heavy atom. The molecule has 1 heterocycles. The van der Waals surface area contributed by atoms with Crippen molar-refractivity contribution in [2.75, 3.05) is 13.2 Å². The van der Waals surface area contributed by atoms with Gasteiger partial charge in [-0.25, -0.2) is 0 Å². The number of nitrogens with zero attached hydrogens (tertiary/aromatic N) is 1. The highest BCUT2D eigenvalue weighted by atomic mass is 16.5. The SMILES string of the molecule is Cc1ccccc1CCNC(=O)COC(=O)Cc1noc2ccccc12. The van der Waals surface area contributed by atoms with E-state index in [1.54, 1.807) is 6.07 Å². The second-order valence-corrected chi connectivity index (χ2v) is 5.99. The molecule has 0 aliphatic carbocycles. The second-order valence-electron chi connectivity index (χ2n) is 5.99. The zero-order valence-electron chi connectivity index (χ0n) is 14.5. The third-order valence-electron chi connectivity index (χ3n) is 4.11. The number of para-hydroxylation sites is 1. The molecular weight excluding hydrogens is 332 g/mol. The lowest BCUT2D eigenvalue weighted by atomic mass is 10.1. The summed E-state index contributed by atoms with van der Waals surface area (Å²) in [7, 11) is 0. The number of nitrogens with one attached hydrogen (secondary N) is 1. The van der Waals surface area contributed by atoms with Crippen molar-refractivity contribution >= 4 is 22.8 Å². The molecule has 2 aromatic carbocycles. The van der Waals surface area contributed by atoms with Crippen LogP contribution in [0.5, 0.6) is 0 Å². The summed E-state index contributed by atoms with van der Waals surface area (Å²) in [5, 5.41) is 7.40. The highest BCUT2D eigenvalue weighted by Crippen LogP contribution is 2.18. The van der Waals surface area contributed by atoms with Crippen LogP contribution in [0.25, 0.3) is 11.0 Å². The van der Waals surface area contributed by atoms with Crippen LogP contribution in [0.2, 0.25) is 0 Å². The first-order valence-corrected chi connectivity index (χ1v) is 8.43. The topological polar surface area (TPSA) is 81.4 Å². The molecule has 1 N–H and O–H groups in total. The van der Waals surface area contributed by atoms with E-state index in [0.717, 1.165) is 11.8 Å². The molecule has 134 valence electrons. The minimum Gasteiger partial charge on any atom is -0.455 e. The minimum absolute atomic E-state index is 0.0342. The Morgan fingerprint density at radius 1 is 1.12 bits per heavy atom. The smallest absolute Gasteiger partial charge is 0.312 e. The van der Waals surface area contributed by atoms with Crippen molar-refractivity contribution in [3.05, 3.63) is 65.4 Å². The van der Waals surface area contributed by atoms with Crippen molar-refractivity contribution in [1.82, 2.24) is 10.5 Å². The fourth-order valence-electron chi connectivity index (χ4n) is 2.68. The van der Waals surface area contributed by atoms with E-state index in [1.165, 1.54) is 11.1 Å². The number of ether oxygens (including phenoxy) is 1. The summed E-state index contributed by atoms with van der Waals surface area (Å²) in [6.45, 7) is 2.23. The van der Waals surface area contributed by atoms with Crippen LogP contribution in [0, 0.1) is 6.92 Å². The minimum atomic E-state index is -0.516. The van der Waals surface area contributed by atoms with Crippen molar-refractivity contribution in [2.24, 2.45) is 0 Å². The van der Waals surface area contributed by atoms with E-state index in [-0.39, 0.29) is 18.9 Å². The van der Waals surface area contributed by atoms with E-state index in [0.29, 0.717) is 17.8 Å². The number of esters is 1. The Balaban J connectivity index is 1.41. The predicted molar refractivity (Wildman–Crippen MR) is 96.6 cm³/mol. The molecule has 1 aromatic heterocycles. The van der Waals surface area contributed by atoms with E-state index in [2.05, 4.69) is 10.5 Å². The van der Waals surface area contributed by atoms with Crippen LogP contribution in [-0.4, -0.2) is 30.2 Å². The molecule has 0 atom stereocenters. The number of carbonyl (C=O) groups excluding carboxylic acids is 2. The van der Waals surface area contributed by atoms with Crippen LogP contribution in [0.1, 0.15) is 16.8 Å². The first-order valence-electron chi connectivity index (χ1n) is 8.43. The molecule has 0 fully saturated rings. The highest BCUT2D eigenvalue weighted by Gasteiger charge is 2.14. The highest BCUT2D eigenvalue weighted by molar-refractivity contribution is 5.85. The molecule has 0 saturated heterocycles. The van der Waals surface area contributed by atoms with Crippen molar-refractivity contribution in [1.29, 1.82) is 0 Å². The normalized spacial score (nSPS) is 10.7. The van der Waals surface area contributed by atoms with Gasteiger partial charge in [0.15, 0.2) is 12.2 Å². The van der Waals surface area contributed by atoms with Gasteiger partial charge in [-0.2, -0.15) is 0 Å². The van der Waals surface area contributed by atoms with Gasteiger partial charge in [0.05, 0.1) is 6.42 Å². The molecule has 3 rings (SSSR count). The average molecular weight is 352 g/mol. The van der Waals surface area contributed by atoms with Gasteiger partial charge in [0, 0.05) is 11.9 Å². The van der Waals surface area contributed by atoms with Crippen molar-refractivity contribution in [3.63, 3.8) is 0 Å². The van der Waals surface area contributed by atoms with Crippen LogP contribution in [0.15, 0.2) is 53.1 Å². The summed E-state index contributed by atoms with van der Waals surface area (Å²) in [5.74, 6) is -0.838. The third-order valence-corrected chi connectivity index (χ3v) is 4.11. The summed E-state index contributed by atoms with van der Waals surface area (Å²) in [5.41, 5.74) is 3.49. The first-order chi connectivity index (χ1) is 12.6. The van der Waals surface area contributed by atoms with Crippen molar-refractivity contribution < 1.29 is 18.8 Å². The van der Waals surface area contributed by atoms with Gasteiger partial charge in [0.25, 0.3) is 5.91 Å². The van der Waals surface area contributed by atoms with Gasteiger partial charge in [-0.15, -0.1) is 0 Å². The molecule has 0 saturated carbocycles. The van der Waals surface area contributed by atoms with Crippen molar-refractivity contribution in [3.8, 4) is 0 Å². The zero-order chi connectivity index (χ0) is 18.4. The molecule has 0 aliphatic heterocycles. The Bertz CT molecular complexity index is 917. The number of hydrogen-bond acceptors (Lipinski definition) is 5. The summed E-state index contributed by atoms with van der Waals surface area (Å²) in [6, 6.07) is 15.3. The molecule has 6 nitrogen and oxygen atoms in total. The number of fused-ring (bicyclic) bond motifs is 1. The summed E-state index contributed by atoms with van der Waals surface area (Å²) >= 11 is 0. The Kier molecular flexibility index (Phi) is 5.63. The summed E-state index contributed by atoms with van der Waals surface area (Å²) in [4.78, 5) is 23.7. The quantitative estimate of drug-likeness (QED) is 0.661. The van der Waals surface area contributed by atoms with Gasteiger partial charge in [-0.1, -0.05) is 41.6 Å². The van der Waals surface area contributed by atoms with Crippen molar-refractivity contribution in [2.45, 2.75) is 19.8 Å². The van der Waals surface area contributed by atoms with Gasteiger partial charge in [0.2, 0.25) is 0 Å². The van der Waals surface area contributed by atoms with Crippen LogP contribution in [0.3, 0.4) is 0 Å². The number of amides is 1. The molecule has 0 bridgehead atoms. The standard InChI is InChI=1S/C20H20N2O4/c1-14-6-2-3-7-15(14)10-11-21-19(23)13-25-20(24)12-17-16-8-4-5-9-18(16)26-22-17/h2-9H,10-13H2,1H3,(H,21,23). The summed E-state index contributed by atoms with van der Waals surface area (Å²) in [6.07, 6.45) is 0.699. The zero-order valence-corrected chi connectivity index (χ0v) is 14.5. The predicted octanol–water partition coefficient (Wildman–Crippen LogP) is 2.58. The lowest BCUT2D eigenvalue weighted by molar-refractivity contribution is -0.147. The van der Waals surface area contributed by atoms with E-state index in [4.69, 9.17) is 9.26 Å². The van der Waals surface area contributed by atoms with Gasteiger partial charge >= 0.3 is 5.97 Å². The molecule has 26 heavy (non-hydrogen) atoms. The van der Waals surface area contributed by atoms with Crippen LogP contribution >= 0.6 is 0 Å². The Labute approximate surface area is 151 Å². The average Bonchev–Trinajstić information content (AvgIpc) is 3.05. The first kappa shape index (κ1) is 17.7. The molecule has 0 aliphatic rings. The van der Waals surface area contributed by atoms with Gasteiger partial charge in [-0.3, -0.25) is 9.59 Å². The maximum atomic E-state index is 11.9. The lowest BCUT2D eigenvalue weighted by Crippen LogP contribution is -2.30. The summed E-state index contributed by atoms with van der Waals surface area (Å²) < 4.78 is 10.2. The second kappa shape index (κ2) is 8.29. The van der Waals surface area contributed by atoms with Crippen LogP contribution in [-0.2, 0) is 27.2 Å². The number of rotatable bonds is 7. The fourth-order valence-corrected chi connectivity index (χ4v) is 2.68. The fraction of sp³-hybridized carbons (Fsp3) is 0.250. The Hall–Kier alpha value is -3.15. The third kappa shape index (κ3) is 4.47. The molecule has 0 radical (unpaired) electrons. The van der Waals surface area contributed by atoms with E-state index in [9.17, 15) is 9.59 Å². The maximum absolute atomic E-state index is 11.9. The molecule has 0 spiro atoms. The van der Waals surface area contributed by atoms with E-state index in [1.807, 2.05) is 49.4 Å². The number of carbonyl (C=O) groups is 2. The molecule has 3 aromatic rings. The van der Waals surface area contributed by atoms with Gasteiger partial charge in [0.1, 0.15) is 5.69 Å². The van der Waals surface area contributed by atoms with E-state index >= 15 is 0 Å². The largest absolute Gasteiger partial charge is 0.455 e. The van der Waals surface area contributed by atoms with Crippen LogP contribution < -0.4 is 5.32 Å². The Morgan fingerprint density at radius 2 is 1.88 bits per heavy atom. The molecule has 1 amide bonds. The van der Waals surface area contributed by atoms with E-state index < -0.39 is 5.97 Å². The number of hydrogen-bond donors (Lipinski definition) is 1. The van der Waals surface area contributed by atoms with Crippen LogP contribution in [0.4, 0.5) is 0 Å². The monoisotopic (exact) mass is 352 g/mol. The molecular formula is C20H20N2O4. The molecule has 0 unspecified atom stereocenters. The van der Waals surface area contributed by atoms with Gasteiger partial charge in [-0.05, 0) is 36.6 Å². The number of aromatic nitrogens is 1. The number of benzene rings is 2. The molecule has 6 heteroatoms. The van der Waals surface area contributed by atoms with Gasteiger partial charge < -0.3 is 14.6 Å². The maximum Gasteiger partial charge on any atom is 0.312 e. The lowest BCUT2D eigenvalue weighted by Gasteiger charge is -2.08.